The van der Waals surface area contributed by atoms with E-state index in [-0.39, 0.29) is 17.4 Å². The molecule has 0 saturated carbocycles. The number of imidazole rings is 1. The molecule has 0 radical (unpaired) electrons. The highest BCUT2D eigenvalue weighted by Gasteiger charge is 2.27. The van der Waals surface area contributed by atoms with Crippen molar-refractivity contribution in [3.63, 3.8) is 0 Å². The van der Waals surface area contributed by atoms with Crippen LogP contribution in [0.2, 0.25) is 0 Å². The number of rotatable bonds is 4. The monoisotopic (exact) mass is 313 g/mol. The first kappa shape index (κ1) is 15.1. The number of hydrogen-bond acceptors (Lipinski definition) is 5. The van der Waals surface area contributed by atoms with Crippen molar-refractivity contribution < 1.29 is 4.79 Å². The molecule has 1 N–H and O–H groups in total. The maximum absolute atomic E-state index is 12.6. The van der Waals surface area contributed by atoms with Crippen molar-refractivity contribution in [2.45, 2.75) is 33.4 Å². The molecule has 8 nitrogen and oxygen atoms in total. The predicted octanol–water partition coefficient (Wildman–Crippen LogP) is 1.17. The van der Waals surface area contributed by atoms with E-state index in [2.05, 4.69) is 46.6 Å². The minimum Gasteiger partial charge on any atom is -0.347 e. The Morgan fingerprint density at radius 3 is 2.87 bits per heavy atom. The zero-order valence-electron chi connectivity index (χ0n) is 13.3. The standard InChI is InChI=1S/C15H19N7O/c1-15(2,3)12(9-21-7-5-16-10-21)17-14(23)11-4-6-22-13(8-11)18-19-20-22/h4-8,10,12H,9H2,1-3H3,(H,17,23). The van der Waals surface area contributed by atoms with Crippen molar-refractivity contribution in [3.05, 3.63) is 42.6 Å². The molecule has 3 heterocycles. The molecule has 3 aromatic rings. The van der Waals surface area contributed by atoms with Gasteiger partial charge < -0.3 is 9.88 Å². The highest BCUT2D eigenvalue weighted by atomic mass is 16.1. The summed E-state index contributed by atoms with van der Waals surface area (Å²) in [7, 11) is 0. The first-order valence-corrected chi connectivity index (χ1v) is 7.38. The smallest absolute Gasteiger partial charge is 0.251 e. The summed E-state index contributed by atoms with van der Waals surface area (Å²) in [6.07, 6.45) is 7.04. The van der Waals surface area contributed by atoms with Gasteiger partial charge in [-0.15, -0.1) is 5.10 Å². The lowest BCUT2D eigenvalue weighted by atomic mass is 9.86. The van der Waals surface area contributed by atoms with Crippen LogP contribution in [0.3, 0.4) is 0 Å². The molecule has 0 aliphatic heterocycles. The van der Waals surface area contributed by atoms with E-state index in [9.17, 15) is 4.79 Å². The van der Waals surface area contributed by atoms with E-state index in [0.29, 0.717) is 17.8 Å². The maximum Gasteiger partial charge on any atom is 0.251 e. The molecule has 0 aromatic carbocycles. The van der Waals surface area contributed by atoms with E-state index in [1.165, 1.54) is 4.52 Å². The van der Waals surface area contributed by atoms with Crippen LogP contribution in [0.4, 0.5) is 0 Å². The predicted molar refractivity (Wildman–Crippen MR) is 83.7 cm³/mol. The van der Waals surface area contributed by atoms with Gasteiger partial charge in [-0.3, -0.25) is 4.79 Å². The molecule has 0 aliphatic carbocycles. The minimum atomic E-state index is -0.143. The third kappa shape index (κ3) is 3.36. The normalized spacial score (nSPS) is 13.2. The van der Waals surface area contributed by atoms with E-state index in [4.69, 9.17) is 0 Å². The lowest BCUT2D eigenvalue weighted by Crippen LogP contribution is -2.46. The largest absolute Gasteiger partial charge is 0.347 e. The van der Waals surface area contributed by atoms with E-state index in [1.807, 2.05) is 10.8 Å². The van der Waals surface area contributed by atoms with Crippen molar-refractivity contribution >= 4 is 11.6 Å². The number of carbonyl (C=O) groups excluding carboxylic acids is 1. The summed E-state index contributed by atoms with van der Waals surface area (Å²) in [6.45, 7) is 6.95. The summed E-state index contributed by atoms with van der Waals surface area (Å²) in [5, 5.41) is 14.3. The molecule has 1 amide bonds. The maximum atomic E-state index is 12.6. The molecular weight excluding hydrogens is 294 g/mol. The van der Waals surface area contributed by atoms with E-state index >= 15 is 0 Å². The molecule has 0 aliphatic rings. The minimum absolute atomic E-state index is 0.0450. The molecule has 0 fully saturated rings. The SMILES string of the molecule is CC(C)(C)C(Cn1ccnc1)NC(=O)c1ccn2nnnc2c1. The Hall–Kier alpha value is -2.77. The van der Waals surface area contributed by atoms with Gasteiger partial charge in [0.2, 0.25) is 0 Å². The van der Waals surface area contributed by atoms with Crippen LogP contribution >= 0.6 is 0 Å². The number of nitrogens with zero attached hydrogens (tertiary/aromatic N) is 6. The molecule has 23 heavy (non-hydrogen) atoms. The Kier molecular flexibility index (Phi) is 3.81. The molecule has 0 spiro atoms. The number of carbonyl (C=O) groups is 1. The number of tetrazole rings is 1. The average Bonchev–Trinajstić information content (AvgIpc) is 3.15. The zero-order chi connectivity index (χ0) is 16.4. The van der Waals surface area contributed by atoms with E-state index in [1.54, 1.807) is 30.9 Å². The van der Waals surface area contributed by atoms with Crippen LogP contribution in [0, 0.1) is 5.41 Å². The Labute approximate surface area is 133 Å². The molecule has 1 atom stereocenters. The van der Waals surface area contributed by atoms with Gasteiger partial charge in [-0.25, -0.2) is 9.50 Å². The van der Waals surface area contributed by atoms with Gasteiger partial charge in [0.15, 0.2) is 5.65 Å². The second-order valence-corrected chi connectivity index (χ2v) is 6.55. The van der Waals surface area contributed by atoms with Crippen molar-refractivity contribution in [2.24, 2.45) is 5.41 Å². The summed E-state index contributed by atoms with van der Waals surface area (Å²) >= 11 is 0. The summed E-state index contributed by atoms with van der Waals surface area (Å²) in [5.74, 6) is -0.143. The van der Waals surface area contributed by atoms with Crippen molar-refractivity contribution in [3.8, 4) is 0 Å². The number of aromatic nitrogens is 6. The Morgan fingerprint density at radius 1 is 1.35 bits per heavy atom. The van der Waals surface area contributed by atoms with Crippen LogP contribution in [0.1, 0.15) is 31.1 Å². The molecule has 3 rings (SSSR count). The van der Waals surface area contributed by atoms with Crippen LogP contribution in [0.15, 0.2) is 37.1 Å². The van der Waals surface area contributed by atoms with Gasteiger partial charge >= 0.3 is 0 Å². The van der Waals surface area contributed by atoms with Gasteiger partial charge in [0.05, 0.1) is 12.4 Å². The van der Waals surface area contributed by atoms with Crippen LogP contribution in [0.5, 0.6) is 0 Å². The number of nitrogens with one attached hydrogen (secondary N) is 1. The van der Waals surface area contributed by atoms with Gasteiger partial charge in [0.1, 0.15) is 0 Å². The lowest BCUT2D eigenvalue weighted by Gasteiger charge is -2.31. The van der Waals surface area contributed by atoms with Gasteiger partial charge in [-0.2, -0.15) is 0 Å². The molecule has 0 bridgehead atoms. The van der Waals surface area contributed by atoms with Gasteiger partial charge in [-0.05, 0) is 28.0 Å². The van der Waals surface area contributed by atoms with Crippen LogP contribution in [-0.4, -0.2) is 41.5 Å². The Morgan fingerprint density at radius 2 is 2.17 bits per heavy atom. The first-order chi connectivity index (χ1) is 10.9. The Balaban J connectivity index is 1.79. The molecule has 0 saturated heterocycles. The number of pyridine rings is 1. The van der Waals surface area contributed by atoms with Gasteiger partial charge in [0, 0.05) is 30.7 Å². The van der Waals surface area contributed by atoms with E-state index < -0.39 is 0 Å². The lowest BCUT2D eigenvalue weighted by molar-refractivity contribution is 0.0892. The third-order valence-electron chi connectivity index (χ3n) is 3.76. The molecule has 3 aromatic heterocycles. The second-order valence-electron chi connectivity index (χ2n) is 6.55. The summed E-state index contributed by atoms with van der Waals surface area (Å²) in [4.78, 5) is 16.6. The van der Waals surface area contributed by atoms with Crippen molar-refractivity contribution in [1.82, 2.24) is 34.9 Å². The molecular formula is C15H19N7O. The first-order valence-electron chi connectivity index (χ1n) is 7.38. The quantitative estimate of drug-likeness (QED) is 0.781. The highest BCUT2D eigenvalue weighted by molar-refractivity contribution is 5.95. The third-order valence-corrected chi connectivity index (χ3v) is 3.76. The summed E-state index contributed by atoms with van der Waals surface area (Å²) in [6, 6.07) is 3.33. The zero-order valence-corrected chi connectivity index (χ0v) is 13.3. The van der Waals surface area contributed by atoms with Crippen molar-refractivity contribution in [2.75, 3.05) is 0 Å². The van der Waals surface area contributed by atoms with Crippen LogP contribution in [0.25, 0.3) is 5.65 Å². The summed E-state index contributed by atoms with van der Waals surface area (Å²) < 4.78 is 3.48. The van der Waals surface area contributed by atoms with Crippen LogP contribution in [-0.2, 0) is 6.54 Å². The number of fused-ring (bicyclic) bond motifs is 1. The second kappa shape index (κ2) is 5.79. The Bertz CT molecular complexity index is 801. The molecule has 120 valence electrons. The number of hydrogen-bond donors (Lipinski definition) is 1. The number of amides is 1. The topological polar surface area (TPSA) is 90.0 Å². The molecule has 1 unspecified atom stereocenters. The fraction of sp³-hybridized carbons (Fsp3) is 0.400. The van der Waals surface area contributed by atoms with Crippen molar-refractivity contribution in [1.29, 1.82) is 0 Å². The molecule has 8 heteroatoms. The van der Waals surface area contributed by atoms with Gasteiger partial charge in [-0.1, -0.05) is 20.8 Å². The van der Waals surface area contributed by atoms with Gasteiger partial charge in [0.25, 0.3) is 5.91 Å². The fourth-order valence-corrected chi connectivity index (χ4v) is 2.26. The summed E-state index contributed by atoms with van der Waals surface area (Å²) in [5.41, 5.74) is 0.979. The average molecular weight is 313 g/mol. The fourth-order valence-electron chi connectivity index (χ4n) is 2.26. The van der Waals surface area contributed by atoms with E-state index in [0.717, 1.165) is 0 Å². The highest BCUT2D eigenvalue weighted by Crippen LogP contribution is 2.21. The van der Waals surface area contributed by atoms with Crippen LogP contribution < -0.4 is 5.32 Å².